The molecule has 0 spiro atoms. The van der Waals surface area contributed by atoms with E-state index in [4.69, 9.17) is 24.2 Å². The van der Waals surface area contributed by atoms with Crippen LogP contribution in [0.1, 0.15) is 92.2 Å². The topological polar surface area (TPSA) is 184 Å². The molecule has 5 atom stereocenters. The van der Waals surface area contributed by atoms with E-state index in [9.17, 15) is 19.2 Å². The van der Waals surface area contributed by atoms with E-state index in [0.717, 1.165) is 88.6 Å². The number of aromatic nitrogens is 4. The van der Waals surface area contributed by atoms with E-state index in [1.165, 1.54) is 19.8 Å². The number of benzene rings is 3. The van der Waals surface area contributed by atoms with Gasteiger partial charge in [-0.3, -0.25) is 9.59 Å². The molecule has 9 rings (SSSR count). The van der Waals surface area contributed by atoms with E-state index in [1.54, 1.807) is 0 Å². The maximum atomic E-state index is 14.1. The van der Waals surface area contributed by atoms with Crippen LogP contribution in [-0.2, 0) is 38.5 Å². The first kappa shape index (κ1) is 40.7. The SMILES string of the molecule is COC(=O)N[C@H](C(=O)N1CCC[C@H]1c1nc2c([nH]1)CCc1cc3c(cc1-2)OCc1cc(-c2cnc([C@@H]4C[C@H](C)CN4C(=O)[C@H](NC(=O)OC)c4ccccc4)[nH]2)ccc1-3)C(C)C. The molecule has 0 radical (unpaired) electrons. The molecule has 3 aliphatic heterocycles. The monoisotopic (exact) mass is 840 g/mol. The molecule has 15 heteroatoms. The molecule has 0 saturated carbocycles. The van der Waals surface area contributed by atoms with E-state index in [-0.39, 0.29) is 35.7 Å². The minimum atomic E-state index is -0.902. The first-order valence-corrected chi connectivity index (χ1v) is 21.4. The quantitative estimate of drug-likeness (QED) is 0.120. The van der Waals surface area contributed by atoms with Crippen LogP contribution in [0, 0.1) is 11.8 Å². The number of H-pyrrole nitrogens is 2. The van der Waals surface area contributed by atoms with Crippen LogP contribution in [0.2, 0.25) is 0 Å². The van der Waals surface area contributed by atoms with Crippen molar-refractivity contribution in [2.45, 2.75) is 83.6 Å². The molecule has 5 heterocycles. The van der Waals surface area contributed by atoms with Gasteiger partial charge in [0.15, 0.2) is 0 Å². The van der Waals surface area contributed by atoms with Crippen LogP contribution in [-0.4, -0.2) is 87.1 Å². The number of imidazole rings is 2. The van der Waals surface area contributed by atoms with Crippen LogP contribution in [0.4, 0.5) is 9.59 Å². The second-order valence-electron chi connectivity index (χ2n) is 17.2. The van der Waals surface area contributed by atoms with Gasteiger partial charge in [0, 0.05) is 29.9 Å². The lowest BCUT2D eigenvalue weighted by Crippen LogP contribution is -2.51. The Morgan fingerprint density at radius 2 is 1.63 bits per heavy atom. The third-order valence-electron chi connectivity index (χ3n) is 12.8. The van der Waals surface area contributed by atoms with Crippen LogP contribution in [0.15, 0.2) is 66.9 Å². The molecule has 4 aliphatic rings. The molecule has 322 valence electrons. The molecule has 2 fully saturated rings. The largest absolute Gasteiger partial charge is 0.488 e. The van der Waals surface area contributed by atoms with Crippen molar-refractivity contribution in [3.05, 3.63) is 101 Å². The van der Waals surface area contributed by atoms with Gasteiger partial charge in [-0.05, 0) is 90.0 Å². The van der Waals surface area contributed by atoms with Crippen molar-refractivity contribution in [1.82, 2.24) is 40.4 Å². The number of aryl methyl sites for hydroxylation is 2. The van der Waals surface area contributed by atoms with Crippen molar-refractivity contribution in [1.29, 1.82) is 0 Å². The van der Waals surface area contributed by atoms with Crippen molar-refractivity contribution in [3.8, 4) is 39.4 Å². The van der Waals surface area contributed by atoms with Crippen molar-refractivity contribution in [2.75, 3.05) is 27.3 Å². The lowest BCUT2D eigenvalue weighted by Gasteiger charge is -2.30. The molecular weight excluding hydrogens is 789 g/mol. The Bertz CT molecular complexity index is 2530. The molecule has 4 amide bonds. The predicted molar refractivity (Wildman–Crippen MR) is 230 cm³/mol. The summed E-state index contributed by atoms with van der Waals surface area (Å²) in [6.07, 6.45) is 4.49. The summed E-state index contributed by atoms with van der Waals surface area (Å²) in [7, 11) is 2.58. The Kier molecular flexibility index (Phi) is 11.0. The van der Waals surface area contributed by atoms with E-state index in [2.05, 4.69) is 57.9 Å². The molecule has 5 aromatic rings. The number of carbonyl (C=O) groups is 4. The van der Waals surface area contributed by atoms with Crippen LogP contribution in [0.25, 0.3) is 33.6 Å². The summed E-state index contributed by atoms with van der Waals surface area (Å²) in [5, 5.41) is 5.47. The number of hydrogen-bond acceptors (Lipinski definition) is 9. The smallest absolute Gasteiger partial charge is 0.407 e. The molecule has 2 saturated heterocycles. The number of alkyl carbamates (subject to hydrolysis) is 2. The van der Waals surface area contributed by atoms with Crippen LogP contribution < -0.4 is 15.4 Å². The Balaban J connectivity index is 0.941. The Morgan fingerprint density at radius 1 is 0.839 bits per heavy atom. The zero-order chi connectivity index (χ0) is 43.2. The van der Waals surface area contributed by atoms with Gasteiger partial charge in [-0.1, -0.05) is 63.2 Å². The van der Waals surface area contributed by atoms with Gasteiger partial charge in [-0.2, -0.15) is 0 Å². The zero-order valence-electron chi connectivity index (χ0n) is 35.6. The number of aromatic amines is 2. The highest BCUT2D eigenvalue weighted by Crippen LogP contribution is 2.46. The normalized spacial score (nSPS) is 19.7. The molecule has 1 aliphatic carbocycles. The molecule has 2 aromatic heterocycles. The van der Waals surface area contributed by atoms with Gasteiger partial charge in [-0.25, -0.2) is 19.6 Å². The highest BCUT2D eigenvalue weighted by Gasteiger charge is 2.41. The van der Waals surface area contributed by atoms with E-state index in [1.807, 2.05) is 60.2 Å². The maximum Gasteiger partial charge on any atom is 0.407 e. The second kappa shape index (κ2) is 16.7. The highest BCUT2D eigenvalue weighted by molar-refractivity contribution is 5.88. The number of hydrogen-bond donors (Lipinski definition) is 4. The van der Waals surface area contributed by atoms with Gasteiger partial charge in [0.25, 0.3) is 5.91 Å². The minimum Gasteiger partial charge on any atom is -0.488 e. The summed E-state index contributed by atoms with van der Waals surface area (Å²) >= 11 is 0. The van der Waals surface area contributed by atoms with E-state index < -0.39 is 24.3 Å². The maximum absolute atomic E-state index is 14.1. The van der Waals surface area contributed by atoms with Crippen molar-refractivity contribution < 1.29 is 33.4 Å². The first-order valence-electron chi connectivity index (χ1n) is 21.4. The fraction of sp³-hybridized carbons (Fsp3) is 0.404. The number of carbonyl (C=O) groups excluding carboxylic acids is 4. The molecule has 4 N–H and O–H groups in total. The van der Waals surface area contributed by atoms with Crippen LogP contribution in [0.5, 0.6) is 5.75 Å². The van der Waals surface area contributed by atoms with Crippen molar-refractivity contribution in [2.24, 2.45) is 11.8 Å². The van der Waals surface area contributed by atoms with Gasteiger partial charge < -0.3 is 44.6 Å². The number of amides is 4. The number of likely N-dealkylation sites (tertiary alicyclic amines) is 2. The van der Waals surface area contributed by atoms with E-state index >= 15 is 0 Å². The van der Waals surface area contributed by atoms with Gasteiger partial charge in [0.05, 0.1) is 43.9 Å². The molecule has 0 unspecified atom stereocenters. The Hall–Kier alpha value is -6.64. The molecule has 0 bridgehead atoms. The Labute approximate surface area is 359 Å². The number of methoxy groups -OCH3 is 2. The summed E-state index contributed by atoms with van der Waals surface area (Å²) in [4.78, 5) is 73.1. The number of ether oxygens (including phenoxy) is 3. The third kappa shape index (κ3) is 7.53. The van der Waals surface area contributed by atoms with Crippen molar-refractivity contribution in [3.63, 3.8) is 0 Å². The standard InChI is InChI=1S/C47H52N8O7/c1-25(2)39(52-46(58)60-4)44(56)54-17-9-12-36(54)43-49-34-16-14-28-20-33-31-15-13-29(19-30(31)24-62-38(33)21-32(28)41(34)51-43)35-22-48-42(50-35)37-18-26(3)23-55(37)45(57)40(53-47(59)61-5)27-10-7-6-8-11-27/h6-8,10-11,13,15,19-22,25-26,36-37,39-40H,9,12,14,16-18,23-24H2,1-5H3,(H,48,50)(H,49,51)(H,52,58)(H,53,59)/t26-,36-,37-,39-,40+/m0/s1. The summed E-state index contributed by atoms with van der Waals surface area (Å²) in [6.45, 7) is 7.45. The number of nitrogens with zero attached hydrogens (tertiary/aromatic N) is 4. The van der Waals surface area contributed by atoms with Crippen LogP contribution in [0.3, 0.4) is 0 Å². The Morgan fingerprint density at radius 3 is 2.40 bits per heavy atom. The number of fused-ring (bicyclic) bond motifs is 6. The number of nitrogens with one attached hydrogen (secondary N) is 4. The van der Waals surface area contributed by atoms with E-state index in [0.29, 0.717) is 31.1 Å². The summed E-state index contributed by atoms with van der Waals surface area (Å²) in [5.41, 5.74) is 9.84. The fourth-order valence-electron chi connectivity index (χ4n) is 9.60. The summed E-state index contributed by atoms with van der Waals surface area (Å²) in [5.74, 6) is 2.02. The predicted octanol–water partition coefficient (Wildman–Crippen LogP) is 7.18. The fourth-order valence-corrected chi connectivity index (χ4v) is 9.60. The highest BCUT2D eigenvalue weighted by atomic mass is 16.5. The third-order valence-corrected chi connectivity index (χ3v) is 12.8. The summed E-state index contributed by atoms with van der Waals surface area (Å²) < 4.78 is 16.1. The zero-order valence-corrected chi connectivity index (χ0v) is 35.6. The molecular formula is C47H52N8O7. The second-order valence-corrected chi connectivity index (χ2v) is 17.2. The molecule has 15 nitrogen and oxygen atoms in total. The average molecular weight is 841 g/mol. The lowest BCUT2D eigenvalue weighted by molar-refractivity contribution is -0.136. The average Bonchev–Trinajstić information content (AvgIpc) is 4.12. The first-order chi connectivity index (χ1) is 30.0. The molecule has 62 heavy (non-hydrogen) atoms. The van der Waals surface area contributed by atoms with Gasteiger partial charge in [-0.15, -0.1) is 0 Å². The lowest BCUT2D eigenvalue weighted by atomic mass is 9.86. The van der Waals surface area contributed by atoms with Crippen molar-refractivity contribution >= 4 is 24.0 Å². The van der Waals surface area contributed by atoms with Gasteiger partial charge in [0.2, 0.25) is 5.91 Å². The minimum absolute atomic E-state index is 0.115. The van der Waals surface area contributed by atoms with Gasteiger partial charge in [0.1, 0.15) is 36.1 Å². The summed E-state index contributed by atoms with van der Waals surface area (Å²) in [6, 6.07) is 17.8. The van der Waals surface area contributed by atoms with Crippen LogP contribution >= 0.6 is 0 Å². The van der Waals surface area contributed by atoms with Gasteiger partial charge >= 0.3 is 12.2 Å². The number of rotatable bonds is 9. The molecule has 3 aromatic carbocycles.